The summed E-state index contributed by atoms with van der Waals surface area (Å²) in [5.41, 5.74) is 4.01. The summed E-state index contributed by atoms with van der Waals surface area (Å²) in [7, 11) is 5.26. The summed E-state index contributed by atoms with van der Waals surface area (Å²) in [6.07, 6.45) is 1.14. The molecule has 3 aromatic carbocycles. The molecule has 35 heavy (non-hydrogen) atoms. The maximum absolute atomic E-state index is 12.8. The van der Waals surface area contributed by atoms with Crippen LogP contribution in [0.4, 0.5) is 11.4 Å². The predicted molar refractivity (Wildman–Crippen MR) is 139 cm³/mol. The SMILES string of the molecule is CN(C)C(=O)CCc1ccc(NCC(=O)Nc2cccc(C(=O)N(C)Cc3ccccc3)c2)cc1. The zero-order chi connectivity index (χ0) is 25.2. The Morgan fingerprint density at radius 3 is 2.17 bits per heavy atom. The van der Waals surface area contributed by atoms with Crippen molar-refractivity contribution in [2.75, 3.05) is 38.3 Å². The Kier molecular flexibility index (Phi) is 9.01. The van der Waals surface area contributed by atoms with Crippen molar-refractivity contribution in [3.05, 3.63) is 95.6 Å². The number of rotatable bonds is 10. The van der Waals surface area contributed by atoms with E-state index in [1.54, 1.807) is 55.2 Å². The Morgan fingerprint density at radius 1 is 0.771 bits per heavy atom. The van der Waals surface area contributed by atoms with Gasteiger partial charge in [0.05, 0.1) is 6.54 Å². The van der Waals surface area contributed by atoms with Crippen LogP contribution < -0.4 is 10.6 Å². The molecule has 2 N–H and O–H groups in total. The Bertz CT molecular complexity index is 1140. The van der Waals surface area contributed by atoms with Crippen molar-refractivity contribution in [2.24, 2.45) is 0 Å². The van der Waals surface area contributed by atoms with Gasteiger partial charge in [-0.05, 0) is 47.9 Å². The largest absolute Gasteiger partial charge is 0.376 e. The summed E-state index contributed by atoms with van der Waals surface area (Å²) in [6, 6.07) is 24.4. The summed E-state index contributed by atoms with van der Waals surface area (Å²) >= 11 is 0. The molecule has 0 spiro atoms. The zero-order valence-electron chi connectivity index (χ0n) is 20.5. The van der Waals surface area contributed by atoms with Crippen molar-refractivity contribution in [3.63, 3.8) is 0 Å². The van der Waals surface area contributed by atoms with Crippen LogP contribution >= 0.6 is 0 Å². The molecule has 0 aliphatic rings. The lowest BCUT2D eigenvalue weighted by Crippen LogP contribution is -2.26. The van der Waals surface area contributed by atoms with Crippen LogP contribution in [0.2, 0.25) is 0 Å². The number of carbonyl (C=O) groups excluding carboxylic acids is 3. The molecule has 0 bridgehead atoms. The Labute approximate surface area is 206 Å². The van der Waals surface area contributed by atoms with Crippen LogP contribution in [0.25, 0.3) is 0 Å². The van der Waals surface area contributed by atoms with Crippen LogP contribution in [0.15, 0.2) is 78.9 Å². The van der Waals surface area contributed by atoms with E-state index in [9.17, 15) is 14.4 Å². The molecule has 0 heterocycles. The smallest absolute Gasteiger partial charge is 0.253 e. The highest BCUT2D eigenvalue weighted by molar-refractivity contribution is 5.98. The van der Waals surface area contributed by atoms with E-state index >= 15 is 0 Å². The second-order valence-electron chi connectivity index (χ2n) is 8.61. The molecule has 0 aliphatic heterocycles. The summed E-state index contributed by atoms with van der Waals surface area (Å²) in [5, 5.41) is 5.93. The second kappa shape index (κ2) is 12.4. The quantitative estimate of drug-likeness (QED) is 0.467. The number of nitrogens with one attached hydrogen (secondary N) is 2. The highest BCUT2D eigenvalue weighted by Gasteiger charge is 2.13. The van der Waals surface area contributed by atoms with Crippen molar-refractivity contribution >= 4 is 29.1 Å². The van der Waals surface area contributed by atoms with Crippen molar-refractivity contribution in [2.45, 2.75) is 19.4 Å². The monoisotopic (exact) mass is 472 g/mol. The molecule has 3 rings (SSSR count). The summed E-state index contributed by atoms with van der Waals surface area (Å²) < 4.78 is 0. The molecule has 3 aromatic rings. The average molecular weight is 473 g/mol. The number of hydrogen-bond donors (Lipinski definition) is 2. The third-order valence-corrected chi connectivity index (χ3v) is 5.54. The minimum Gasteiger partial charge on any atom is -0.376 e. The molecule has 182 valence electrons. The minimum absolute atomic E-state index is 0.0878. The van der Waals surface area contributed by atoms with Crippen LogP contribution in [0.1, 0.15) is 27.9 Å². The van der Waals surface area contributed by atoms with Gasteiger partial charge in [0, 0.05) is 51.0 Å². The van der Waals surface area contributed by atoms with Gasteiger partial charge in [-0.1, -0.05) is 48.5 Å². The molecule has 0 fully saturated rings. The van der Waals surface area contributed by atoms with Gasteiger partial charge in [-0.2, -0.15) is 0 Å². The van der Waals surface area contributed by atoms with Gasteiger partial charge in [-0.25, -0.2) is 0 Å². The van der Waals surface area contributed by atoms with Gasteiger partial charge in [0.15, 0.2) is 0 Å². The van der Waals surface area contributed by atoms with Gasteiger partial charge in [0.25, 0.3) is 5.91 Å². The fraction of sp³-hybridized carbons (Fsp3) is 0.250. The number of aryl methyl sites for hydroxylation is 1. The zero-order valence-corrected chi connectivity index (χ0v) is 20.5. The first kappa shape index (κ1) is 25.5. The van der Waals surface area contributed by atoms with E-state index in [1.165, 1.54) is 0 Å². The molecule has 7 heteroatoms. The third-order valence-electron chi connectivity index (χ3n) is 5.54. The molecule has 0 saturated heterocycles. The molecular formula is C28H32N4O3. The Balaban J connectivity index is 1.49. The summed E-state index contributed by atoms with van der Waals surface area (Å²) in [6.45, 7) is 0.593. The molecule has 0 unspecified atom stereocenters. The van der Waals surface area contributed by atoms with E-state index < -0.39 is 0 Å². The fourth-order valence-electron chi connectivity index (χ4n) is 3.53. The molecule has 7 nitrogen and oxygen atoms in total. The second-order valence-corrected chi connectivity index (χ2v) is 8.61. The van der Waals surface area contributed by atoms with Gasteiger partial charge in [0.1, 0.15) is 0 Å². The van der Waals surface area contributed by atoms with E-state index in [2.05, 4.69) is 10.6 Å². The highest BCUT2D eigenvalue weighted by Crippen LogP contribution is 2.15. The van der Waals surface area contributed by atoms with Crippen LogP contribution in [-0.4, -0.2) is 55.2 Å². The van der Waals surface area contributed by atoms with Crippen LogP contribution in [0.3, 0.4) is 0 Å². The number of carbonyl (C=O) groups is 3. The topological polar surface area (TPSA) is 81.8 Å². The lowest BCUT2D eigenvalue weighted by Gasteiger charge is -2.18. The maximum Gasteiger partial charge on any atom is 0.253 e. The van der Waals surface area contributed by atoms with E-state index in [1.807, 2.05) is 54.6 Å². The number of benzene rings is 3. The number of nitrogens with zero attached hydrogens (tertiary/aromatic N) is 2. The van der Waals surface area contributed by atoms with Gasteiger partial charge in [0.2, 0.25) is 11.8 Å². The molecule has 3 amide bonds. The van der Waals surface area contributed by atoms with E-state index in [4.69, 9.17) is 0 Å². The van der Waals surface area contributed by atoms with Gasteiger partial charge in [-0.15, -0.1) is 0 Å². The van der Waals surface area contributed by atoms with Crippen molar-refractivity contribution in [1.29, 1.82) is 0 Å². The van der Waals surface area contributed by atoms with Gasteiger partial charge >= 0.3 is 0 Å². The number of amides is 3. The van der Waals surface area contributed by atoms with Crippen LogP contribution in [-0.2, 0) is 22.6 Å². The van der Waals surface area contributed by atoms with Crippen molar-refractivity contribution in [3.8, 4) is 0 Å². The van der Waals surface area contributed by atoms with E-state index in [0.29, 0.717) is 30.6 Å². The van der Waals surface area contributed by atoms with Crippen molar-refractivity contribution < 1.29 is 14.4 Å². The average Bonchev–Trinajstić information content (AvgIpc) is 2.86. The lowest BCUT2D eigenvalue weighted by molar-refractivity contribution is -0.128. The molecule has 0 radical (unpaired) electrons. The van der Waals surface area contributed by atoms with E-state index in [-0.39, 0.29) is 24.3 Å². The summed E-state index contributed by atoms with van der Waals surface area (Å²) in [4.78, 5) is 40.2. The first-order valence-electron chi connectivity index (χ1n) is 11.5. The van der Waals surface area contributed by atoms with Gasteiger partial charge in [-0.3, -0.25) is 14.4 Å². The number of hydrogen-bond acceptors (Lipinski definition) is 4. The molecule has 0 aromatic heterocycles. The Hall–Kier alpha value is -4.13. The Morgan fingerprint density at radius 2 is 1.49 bits per heavy atom. The highest BCUT2D eigenvalue weighted by atomic mass is 16.2. The molecule has 0 saturated carbocycles. The first-order chi connectivity index (χ1) is 16.8. The maximum atomic E-state index is 12.8. The van der Waals surface area contributed by atoms with E-state index in [0.717, 1.165) is 16.8 Å². The van der Waals surface area contributed by atoms with Crippen LogP contribution in [0.5, 0.6) is 0 Å². The summed E-state index contributed by atoms with van der Waals surface area (Å²) in [5.74, 6) is -0.235. The van der Waals surface area contributed by atoms with Crippen LogP contribution in [0, 0.1) is 0 Å². The third kappa shape index (κ3) is 7.99. The minimum atomic E-state index is -0.215. The number of anilines is 2. The molecule has 0 aliphatic carbocycles. The van der Waals surface area contributed by atoms with Gasteiger partial charge < -0.3 is 20.4 Å². The normalized spacial score (nSPS) is 10.4. The molecule has 0 atom stereocenters. The lowest BCUT2D eigenvalue weighted by atomic mass is 10.1. The predicted octanol–water partition coefficient (Wildman–Crippen LogP) is 4.03. The fourth-order valence-corrected chi connectivity index (χ4v) is 3.53. The van der Waals surface area contributed by atoms with Crippen molar-refractivity contribution in [1.82, 2.24) is 9.80 Å². The molecular weight excluding hydrogens is 440 g/mol. The standard InChI is InChI=1S/C28H32N4O3/c1-31(2)27(34)17-14-21-12-15-24(16-13-21)29-19-26(33)30-25-11-7-10-23(18-25)28(35)32(3)20-22-8-5-4-6-9-22/h4-13,15-16,18,29H,14,17,19-20H2,1-3H3,(H,30,33). The first-order valence-corrected chi connectivity index (χ1v) is 11.5.